The highest BCUT2D eigenvalue weighted by molar-refractivity contribution is 6.74. The average Bonchev–Trinajstić information content (AvgIpc) is 2.67. The number of hydrogen-bond donors (Lipinski definition) is 1. The van der Waals surface area contributed by atoms with E-state index >= 15 is 0 Å². The van der Waals surface area contributed by atoms with Crippen molar-refractivity contribution in [1.29, 1.82) is 0 Å². The standard InChI is InChI=1S/C24H38O4Si/c1-8-21(25)14-17-23(28-29(6,7)24(2,3)4)11-9-10-18-27-19-20-12-15-22(26-5)16-13-20/h8,12-13,15-16,21,23,25H,1,9-11,18-19H2,2-7H3/t21?,23-/m0/s1. The van der Waals surface area contributed by atoms with Crippen LogP contribution in [0.15, 0.2) is 36.9 Å². The molecule has 0 aliphatic rings. The molecule has 0 saturated heterocycles. The molecular formula is C24H38O4Si. The number of benzene rings is 1. The fourth-order valence-electron chi connectivity index (χ4n) is 2.38. The molecule has 0 heterocycles. The lowest BCUT2D eigenvalue weighted by Gasteiger charge is -2.38. The van der Waals surface area contributed by atoms with Crippen molar-refractivity contribution >= 4 is 8.32 Å². The molecule has 0 amide bonds. The Morgan fingerprint density at radius 2 is 1.79 bits per heavy atom. The largest absolute Gasteiger partial charge is 0.497 e. The fourth-order valence-corrected chi connectivity index (χ4v) is 3.62. The molecule has 0 saturated carbocycles. The summed E-state index contributed by atoms with van der Waals surface area (Å²) in [4.78, 5) is 0. The van der Waals surface area contributed by atoms with Crippen LogP contribution >= 0.6 is 0 Å². The maximum atomic E-state index is 9.68. The molecule has 0 aliphatic carbocycles. The van der Waals surface area contributed by atoms with Gasteiger partial charge in [-0.3, -0.25) is 0 Å². The van der Waals surface area contributed by atoms with Crippen LogP contribution in [0.1, 0.15) is 45.6 Å². The molecular weight excluding hydrogens is 380 g/mol. The molecule has 0 aromatic heterocycles. The second-order valence-corrected chi connectivity index (χ2v) is 13.5. The maximum absolute atomic E-state index is 9.68. The summed E-state index contributed by atoms with van der Waals surface area (Å²) >= 11 is 0. The van der Waals surface area contributed by atoms with E-state index in [4.69, 9.17) is 13.9 Å². The maximum Gasteiger partial charge on any atom is 0.193 e. The van der Waals surface area contributed by atoms with Crippen LogP contribution in [0, 0.1) is 11.8 Å². The van der Waals surface area contributed by atoms with Gasteiger partial charge in [0.1, 0.15) is 18.0 Å². The highest BCUT2D eigenvalue weighted by atomic mass is 28.4. The molecule has 1 rings (SSSR count). The fraction of sp³-hybridized carbons (Fsp3) is 0.583. The van der Waals surface area contributed by atoms with Crippen molar-refractivity contribution in [3.63, 3.8) is 0 Å². The van der Waals surface area contributed by atoms with Crippen molar-refractivity contribution in [3.8, 4) is 17.6 Å². The van der Waals surface area contributed by atoms with Crippen LogP contribution < -0.4 is 4.74 Å². The van der Waals surface area contributed by atoms with Gasteiger partial charge in [0, 0.05) is 6.61 Å². The molecule has 162 valence electrons. The third-order valence-electron chi connectivity index (χ3n) is 5.29. The minimum absolute atomic E-state index is 0.117. The first-order valence-corrected chi connectivity index (χ1v) is 13.2. The molecule has 0 spiro atoms. The summed E-state index contributed by atoms with van der Waals surface area (Å²) in [5, 5.41) is 9.80. The van der Waals surface area contributed by atoms with Gasteiger partial charge in [0.15, 0.2) is 8.32 Å². The summed E-state index contributed by atoms with van der Waals surface area (Å²) in [6.07, 6.45) is 3.18. The first-order valence-electron chi connectivity index (χ1n) is 10.3. The Balaban J connectivity index is 2.47. The molecule has 0 bridgehead atoms. The quantitative estimate of drug-likeness (QED) is 0.229. The number of hydrogen-bond acceptors (Lipinski definition) is 4. The van der Waals surface area contributed by atoms with Gasteiger partial charge in [-0.2, -0.15) is 0 Å². The van der Waals surface area contributed by atoms with E-state index in [1.165, 1.54) is 6.08 Å². The van der Waals surface area contributed by atoms with Gasteiger partial charge in [0.25, 0.3) is 0 Å². The van der Waals surface area contributed by atoms with E-state index in [2.05, 4.69) is 52.3 Å². The van der Waals surface area contributed by atoms with E-state index in [0.29, 0.717) is 13.2 Å². The number of aliphatic hydroxyl groups excluding tert-OH is 1. The molecule has 4 nitrogen and oxygen atoms in total. The number of ether oxygens (including phenoxy) is 2. The zero-order chi connectivity index (χ0) is 21.9. The van der Waals surface area contributed by atoms with E-state index in [9.17, 15) is 5.11 Å². The number of rotatable bonds is 11. The summed E-state index contributed by atoms with van der Waals surface area (Å²) in [5.41, 5.74) is 1.13. The van der Waals surface area contributed by atoms with Crippen molar-refractivity contribution in [2.24, 2.45) is 0 Å². The molecule has 29 heavy (non-hydrogen) atoms. The molecule has 1 aromatic carbocycles. The Hall–Kier alpha value is -1.58. The Kier molecular flexibility index (Phi) is 10.7. The monoisotopic (exact) mass is 418 g/mol. The zero-order valence-electron chi connectivity index (χ0n) is 19.0. The lowest BCUT2D eigenvalue weighted by molar-refractivity contribution is 0.114. The smallest absolute Gasteiger partial charge is 0.193 e. The molecule has 5 heteroatoms. The molecule has 0 aliphatic heterocycles. The van der Waals surface area contributed by atoms with Gasteiger partial charge < -0.3 is 19.0 Å². The predicted molar refractivity (Wildman–Crippen MR) is 123 cm³/mol. The Morgan fingerprint density at radius 3 is 2.34 bits per heavy atom. The summed E-state index contributed by atoms with van der Waals surface area (Å²) in [6.45, 7) is 16.0. The van der Waals surface area contributed by atoms with Gasteiger partial charge in [-0.05, 0) is 55.1 Å². The van der Waals surface area contributed by atoms with Crippen molar-refractivity contribution in [1.82, 2.24) is 0 Å². The van der Waals surface area contributed by atoms with Crippen LogP contribution in [-0.2, 0) is 15.8 Å². The number of unbranched alkanes of at least 4 members (excludes halogenated alkanes) is 1. The zero-order valence-corrected chi connectivity index (χ0v) is 20.0. The van der Waals surface area contributed by atoms with Crippen LogP contribution in [0.3, 0.4) is 0 Å². The van der Waals surface area contributed by atoms with Crippen LogP contribution in [0.4, 0.5) is 0 Å². The summed E-state index contributed by atoms with van der Waals surface area (Å²) in [6, 6.07) is 7.92. The third kappa shape index (κ3) is 9.64. The minimum Gasteiger partial charge on any atom is -0.497 e. The van der Waals surface area contributed by atoms with Crippen molar-refractivity contribution < 1.29 is 19.0 Å². The van der Waals surface area contributed by atoms with Crippen molar-refractivity contribution in [3.05, 3.63) is 42.5 Å². The Labute approximate surface area is 178 Å². The molecule has 1 unspecified atom stereocenters. The Bertz CT molecular complexity index is 665. The average molecular weight is 419 g/mol. The van der Waals surface area contributed by atoms with Gasteiger partial charge in [-0.25, -0.2) is 0 Å². The second-order valence-electron chi connectivity index (χ2n) is 8.73. The normalized spacial score (nSPS) is 13.9. The van der Waals surface area contributed by atoms with Crippen LogP contribution in [0.25, 0.3) is 0 Å². The van der Waals surface area contributed by atoms with Crippen LogP contribution in [-0.4, -0.2) is 39.3 Å². The van der Waals surface area contributed by atoms with E-state index in [-0.39, 0.29) is 11.1 Å². The van der Waals surface area contributed by atoms with Gasteiger partial charge >= 0.3 is 0 Å². The van der Waals surface area contributed by atoms with Gasteiger partial charge in [0.2, 0.25) is 0 Å². The molecule has 2 atom stereocenters. The topological polar surface area (TPSA) is 47.9 Å². The highest BCUT2D eigenvalue weighted by Crippen LogP contribution is 2.37. The van der Waals surface area contributed by atoms with E-state index in [1.54, 1.807) is 7.11 Å². The van der Waals surface area contributed by atoms with Crippen LogP contribution in [0.2, 0.25) is 18.1 Å². The van der Waals surface area contributed by atoms with E-state index in [1.807, 2.05) is 24.3 Å². The second kappa shape index (κ2) is 12.2. The molecule has 1 N–H and O–H groups in total. The Morgan fingerprint density at radius 1 is 1.14 bits per heavy atom. The summed E-state index contributed by atoms with van der Waals surface area (Å²) < 4.78 is 17.4. The molecule has 1 aromatic rings. The van der Waals surface area contributed by atoms with E-state index in [0.717, 1.165) is 30.6 Å². The van der Waals surface area contributed by atoms with E-state index < -0.39 is 14.4 Å². The lowest BCUT2D eigenvalue weighted by atomic mass is 10.1. The minimum atomic E-state index is -1.93. The molecule has 0 radical (unpaired) electrons. The van der Waals surface area contributed by atoms with Gasteiger partial charge in [-0.1, -0.05) is 57.4 Å². The summed E-state index contributed by atoms with van der Waals surface area (Å²) in [5.74, 6) is 6.80. The summed E-state index contributed by atoms with van der Waals surface area (Å²) in [7, 11) is -0.266. The number of aliphatic hydroxyl groups is 1. The number of methoxy groups -OCH3 is 1. The van der Waals surface area contributed by atoms with Gasteiger partial charge in [-0.15, -0.1) is 0 Å². The first-order chi connectivity index (χ1) is 13.6. The van der Waals surface area contributed by atoms with Gasteiger partial charge in [0.05, 0.1) is 13.7 Å². The predicted octanol–water partition coefficient (Wildman–Crippen LogP) is 5.32. The first kappa shape index (κ1) is 25.5. The van der Waals surface area contributed by atoms with Crippen molar-refractivity contribution in [2.45, 2.75) is 77.0 Å². The SMILES string of the molecule is C=CC(O)C#C[C@H](CCCCOCc1ccc(OC)cc1)O[Si](C)(C)C(C)(C)C. The third-order valence-corrected chi connectivity index (χ3v) is 9.78. The highest BCUT2D eigenvalue weighted by Gasteiger charge is 2.38. The lowest BCUT2D eigenvalue weighted by Crippen LogP contribution is -2.43. The van der Waals surface area contributed by atoms with Crippen molar-refractivity contribution in [2.75, 3.05) is 13.7 Å². The molecule has 0 fully saturated rings. The van der Waals surface area contributed by atoms with Crippen LogP contribution in [0.5, 0.6) is 5.75 Å².